The van der Waals surface area contributed by atoms with Crippen molar-refractivity contribution in [1.29, 1.82) is 0 Å². The molecule has 0 N–H and O–H groups in total. The second-order valence-corrected chi connectivity index (χ2v) is 5.59. The van der Waals surface area contributed by atoms with Crippen LogP contribution < -0.4 is 0 Å². The van der Waals surface area contributed by atoms with E-state index < -0.39 is 10.8 Å². The molecule has 0 radical (unpaired) electrons. The van der Waals surface area contributed by atoms with E-state index in [0.717, 1.165) is 10.5 Å². The van der Waals surface area contributed by atoms with E-state index in [4.69, 9.17) is 0 Å². The number of hydrogen-bond donors (Lipinski definition) is 0. The predicted octanol–water partition coefficient (Wildman–Crippen LogP) is 3.85. The third kappa shape index (κ3) is 4.17. The summed E-state index contributed by atoms with van der Waals surface area (Å²) in [7, 11) is -0.855. The van der Waals surface area contributed by atoms with E-state index in [2.05, 4.69) is 13.0 Å². The molecule has 1 aromatic rings. The third-order valence-electron chi connectivity index (χ3n) is 1.98. The van der Waals surface area contributed by atoms with Gasteiger partial charge in [-0.15, -0.1) is 0 Å². The van der Waals surface area contributed by atoms with Crippen molar-refractivity contribution in [1.82, 2.24) is 0 Å². The first-order valence-electron chi connectivity index (χ1n) is 5.50. The lowest BCUT2D eigenvalue weighted by molar-refractivity contribution is 0.676. The minimum Gasteiger partial charge on any atom is -0.254 e. The zero-order valence-electron chi connectivity index (χ0n) is 10.6. The van der Waals surface area contributed by atoms with Gasteiger partial charge in [0.25, 0.3) is 0 Å². The topological polar surface area (TPSA) is 17.1 Å². The van der Waals surface area contributed by atoms with E-state index in [0.29, 0.717) is 0 Å². The van der Waals surface area contributed by atoms with E-state index >= 15 is 0 Å². The van der Waals surface area contributed by atoms with Crippen LogP contribution in [0.3, 0.4) is 0 Å². The average Bonchev–Trinajstić information content (AvgIpc) is 2.20. The molecule has 0 aliphatic rings. The molecule has 1 nitrogen and oxygen atoms in total. The first kappa shape index (κ1) is 14.4. The van der Waals surface area contributed by atoms with Gasteiger partial charge in [0.1, 0.15) is 0 Å². The number of aryl methyl sites for hydroxylation is 2. The van der Waals surface area contributed by atoms with E-state index in [-0.39, 0.29) is 5.25 Å². The van der Waals surface area contributed by atoms with Crippen molar-refractivity contribution in [3.05, 3.63) is 29.3 Å². The predicted molar refractivity (Wildman–Crippen MR) is 68.8 cm³/mol. The smallest absolute Gasteiger partial charge is 0.0557 e. The maximum Gasteiger partial charge on any atom is 0.0557 e. The molecule has 0 fully saturated rings. The molecule has 0 aliphatic heterocycles. The summed E-state index contributed by atoms with van der Waals surface area (Å²) >= 11 is 0. The summed E-state index contributed by atoms with van der Waals surface area (Å²) in [5.74, 6) is 0. The van der Waals surface area contributed by atoms with Crippen LogP contribution in [0.25, 0.3) is 0 Å². The van der Waals surface area contributed by atoms with Crippen molar-refractivity contribution >= 4 is 10.8 Å². The zero-order valence-corrected chi connectivity index (χ0v) is 11.4. The van der Waals surface area contributed by atoms with Crippen LogP contribution in [0.15, 0.2) is 23.1 Å². The fourth-order valence-corrected chi connectivity index (χ4v) is 2.37. The van der Waals surface area contributed by atoms with E-state index in [9.17, 15) is 4.21 Å². The van der Waals surface area contributed by atoms with Crippen LogP contribution in [0.2, 0.25) is 0 Å². The summed E-state index contributed by atoms with van der Waals surface area (Å²) in [6.07, 6.45) is 0. The molecule has 15 heavy (non-hydrogen) atoms. The molecule has 0 heterocycles. The molecule has 1 atom stereocenters. The minimum atomic E-state index is -0.855. The van der Waals surface area contributed by atoms with Crippen LogP contribution in [-0.2, 0) is 10.8 Å². The molecule has 0 aromatic heterocycles. The quantitative estimate of drug-likeness (QED) is 0.748. The van der Waals surface area contributed by atoms with Crippen LogP contribution in [0.1, 0.15) is 38.8 Å². The van der Waals surface area contributed by atoms with Crippen molar-refractivity contribution in [3.63, 3.8) is 0 Å². The van der Waals surface area contributed by atoms with Gasteiger partial charge in [0.15, 0.2) is 0 Å². The van der Waals surface area contributed by atoms with Gasteiger partial charge in [-0.2, -0.15) is 0 Å². The largest absolute Gasteiger partial charge is 0.254 e. The highest BCUT2D eigenvalue weighted by Gasteiger charge is 2.10. The molecule has 0 bridgehead atoms. The van der Waals surface area contributed by atoms with Gasteiger partial charge in [-0.3, -0.25) is 4.21 Å². The summed E-state index contributed by atoms with van der Waals surface area (Å²) in [6, 6.07) is 6.07. The van der Waals surface area contributed by atoms with Gasteiger partial charge in [0.2, 0.25) is 0 Å². The highest BCUT2D eigenvalue weighted by molar-refractivity contribution is 7.85. The number of hydrogen-bond acceptors (Lipinski definition) is 1. The highest BCUT2D eigenvalue weighted by atomic mass is 32.2. The van der Waals surface area contributed by atoms with Crippen molar-refractivity contribution in [2.75, 3.05) is 0 Å². The van der Waals surface area contributed by atoms with E-state index in [1.165, 1.54) is 5.56 Å². The summed E-state index contributed by atoms with van der Waals surface area (Å²) in [5.41, 5.74) is 2.36. The average molecular weight is 226 g/mol. The first-order valence-corrected chi connectivity index (χ1v) is 6.71. The second-order valence-electron chi connectivity index (χ2n) is 3.62. The molecular formula is C13H22OS. The number of benzene rings is 1. The maximum absolute atomic E-state index is 11.8. The van der Waals surface area contributed by atoms with Crippen LogP contribution in [-0.4, -0.2) is 9.46 Å². The van der Waals surface area contributed by atoms with Crippen LogP contribution in [0.5, 0.6) is 0 Å². The third-order valence-corrected chi connectivity index (χ3v) is 3.72. The Balaban J connectivity index is 0.000000921. The Morgan fingerprint density at radius 3 is 2.07 bits per heavy atom. The number of rotatable bonds is 2. The molecule has 1 unspecified atom stereocenters. The van der Waals surface area contributed by atoms with Gasteiger partial charge in [0, 0.05) is 10.1 Å². The van der Waals surface area contributed by atoms with Gasteiger partial charge in [-0.1, -0.05) is 45.4 Å². The molecule has 0 saturated heterocycles. The van der Waals surface area contributed by atoms with Crippen molar-refractivity contribution in [2.45, 2.75) is 51.7 Å². The van der Waals surface area contributed by atoms with Crippen molar-refractivity contribution < 1.29 is 4.21 Å². The SMILES string of the molecule is CC.Cc1ccc(S(=O)C(C)C)c(C)c1. The van der Waals surface area contributed by atoms with E-state index in [1.807, 2.05) is 46.8 Å². The lowest BCUT2D eigenvalue weighted by Crippen LogP contribution is -2.07. The lowest BCUT2D eigenvalue weighted by Gasteiger charge is -2.08. The fourth-order valence-electron chi connectivity index (χ4n) is 1.28. The van der Waals surface area contributed by atoms with Crippen molar-refractivity contribution in [2.24, 2.45) is 0 Å². The molecular weight excluding hydrogens is 204 g/mol. The minimum absolute atomic E-state index is 0.196. The maximum atomic E-state index is 11.8. The Labute approximate surface area is 96.4 Å². The highest BCUT2D eigenvalue weighted by Crippen LogP contribution is 2.17. The zero-order chi connectivity index (χ0) is 12.0. The molecule has 0 amide bonds. The Morgan fingerprint density at radius 2 is 1.67 bits per heavy atom. The van der Waals surface area contributed by atoms with Crippen LogP contribution >= 0.6 is 0 Å². The summed E-state index contributed by atoms with van der Waals surface area (Å²) in [4.78, 5) is 0.973. The Bertz CT molecular complexity index is 329. The molecule has 86 valence electrons. The van der Waals surface area contributed by atoms with Crippen LogP contribution in [0.4, 0.5) is 0 Å². The fraction of sp³-hybridized carbons (Fsp3) is 0.538. The lowest BCUT2D eigenvalue weighted by atomic mass is 10.2. The van der Waals surface area contributed by atoms with Gasteiger partial charge in [-0.25, -0.2) is 0 Å². The Kier molecular flexibility index (Phi) is 6.50. The summed E-state index contributed by atoms with van der Waals surface area (Å²) in [6.45, 7) is 12.0. The van der Waals surface area contributed by atoms with Gasteiger partial charge < -0.3 is 0 Å². The second kappa shape index (κ2) is 6.78. The summed E-state index contributed by atoms with van der Waals surface area (Å²) < 4.78 is 11.8. The van der Waals surface area contributed by atoms with Crippen LogP contribution in [0, 0.1) is 13.8 Å². The normalized spacial score (nSPS) is 11.9. The monoisotopic (exact) mass is 226 g/mol. The van der Waals surface area contributed by atoms with Gasteiger partial charge in [-0.05, 0) is 25.5 Å². The van der Waals surface area contributed by atoms with Crippen molar-refractivity contribution in [3.8, 4) is 0 Å². The van der Waals surface area contributed by atoms with E-state index in [1.54, 1.807) is 0 Å². The Hall–Kier alpha value is -0.630. The standard InChI is InChI=1S/C11H16OS.C2H6/c1-8(2)13(12)11-6-5-9(3)7-10(11)4;1-2/h5-8H,1-4H3;1-2H3. The first-order chi connectivity index (χ1) is 7.02. The van der Waals surface area contributed by atoms with Gasteiger partial charge in [0.05, 0.1) is 10.8 Å². The molecule has 0 saturated carbocycles. The molecule has 2 heteroatoms. The molecule has 1 aromatic carbocycles. The summed E-state index contributed by atoms with van der Waals surface area (Å²) in [5, 5.41) is 0.196. The Morgan fingerprint density at radius 1 is 1.13 bits per heavy atom. The molecule has 0 aliphatic carbocycles. The molecule has 0 spiro atoms. The molecule has 1 rings (SSSR count). The van der Waals surface area contributed by atoms with Gasteiger partial charge >= 0.3 is 0 Å².